The van der Waals surface area contributed by atoms with Crippen molar-refractivity contribution in [3.63, 3.8) is 0 Å². The largest absolute Gasteiger partial charge is 0.469 e. The fourth-order valence-electron chi connectivity index (χ4n) is 10.2. The Morgan fingerprint density at radius 2 is 1.92 bits per heavy atom. The van der Waals surface area contributed by atoms with Crippen molar-refractivity contribution in [2.75, 3.05) is 19.8 Å². The Labute approximate surface area is 224 Å². The van der Waals surface area contributed by atoms with Gasteiger partial charge in [-0.05, 0) is 74.9 Å². The molecule has 3 saturated heterocycles. The maximum absolute atomic E-state index is 14.4. The number of hydrogen-bond donors (Lipinski definition) is 2. The molecule has 210 valence electrons. The first kappa shape index (κ1) is 25.7. The molecule has 0 aromatic heterocycles. The monoisotopic (exact) mass is 530 g/mol. The fourth-order valence-corrected chi connectivity index (χ4v) is 10.2. The standard InChI is InChI=1S/C30H42O8/c1-16-18-9-10-19-28-15-35-30(29(19,22(16)32)25(18)37-27(4,5)38-30)23(33)21(28)26(2,3)14-17-8-11-20(36-24(17)28)34-13-7-6-12-31/h18-21,23,25,31,33H,1,6-15H2,2-5H3/t18-,19-,20-,21+,23-,25+,28-,29-,30?/m0/s1. The van der Waals surface area contributed by atoms with Crippen LogP contribution < -0.4 is 0 Å². The summed E-state index contributed by atoms with van der Waals surface area (Å²) in [5.74, 6) is -2.20. The Balaban J connectivity index is 1.39. The zero-order chi connectivity index (χ0) is 26.9. The molecule has 0 aromatic carbocycles. The Hall–Kier alpha value is -1.29. The van der Waals surface area contributed by atoms with E-state index < -0.39 is 40.9 Å². The van der Waals surface area contributed by atoms with Crippen LogP contribution in [0.15, 0.2) is 23.5 Å². The first-order valence-corrected chi connectivity index (χ1v) is 14.5. The van der Waals surface area contributed by atoms with Gasteiger partial charge < -0.3 is 33.9 Å². The summed E-state index contributed by atoms with van der Waals surface area (Å²) in [7, 11) is 0. The molecule has 4 aliphatic carbocycles. The first-order chi connectivity index (χ1) is 18.0. The van der Waals surface area contributed by atoms with Gasteiger partial charge in [0.2, 0.25) is 5.79 Å². The minimum Gasteiger partial charge on any atom is -0.469 e. The predicted molar refractivity (Wildman–Crippen MR) is 135 cm³/mol. The lowest BCUT2D eigenvalue weighted by Gasteiger charge is -2.77. The lowest BCUT2D eigenvalue weighted by molar-refractivity contribution is -0.527. The molecule has 4 aliphatic heterocycles. The Morgan fingerprint density at radius 1 is 1.13 bits per heavy atom. The van der Waals surface area contributed by atoms with E-state index in [0.717, 1.165) is 44.3 Å². The van der Waals surface area contributed by atoms with Crippen LogP contribution in [0.3, 0.4) is 0 Å². The molecule has 8 heteroatoms. The molecular weight excluding hydrogens is 488 g/mol. The van der Waals surface area contributed by atoms with Crippen LogP contribution in [0.2, 0.25) is 0 Å². The number of fused-ring (bicyclic) bond motifs is 1. The van der Waals surface area contributed by atoms with Crippen LogP contribution in [-0.2, 0) is 28.5 Å². The lowest BCUT2D eigenvalue weighted by atomic mass is 9.36. The molecule has 1 unspecified atom stereocenters. The number of aliphatic hydroxyl groups is 2. The van der Waals surface area contributed by atoms with Crippen molar-refractivity contribution in [2.24, 2.45) is 34.0 Å². The maximum Gasteiger partial charge on any atom is 0.213 e. The van der Waals surface area contributed by atoms with Crippen molar-refractivity contribution in [3.8, 4) is 0 Å². The third-order valence-corrected chi connectivity index (χ3v) is 11.1. The van der Waals surface area contributed by atoms with E-state index in [-0.39, 0.29) is 35.6 Å². The molecule has 2 N–H and O–H groups in total. The van der Waals surface area contributed by atoms with E-state index in [1.165, 1.54) is 5.57 Å². The minimum atomic E-state index is -1.49. The second-order valence-electron chi connectivity index (χ2n) is 13.9. The number of rotatable bonds is 5. The zero-order valence-electron chi connectivity index (χ0n) is 23.1. The summed E-state index contributed by atoms with van der Waals surface area (Å²) >= 11 is 0. The summed E-state index contributed by atoms with van der Waals surface area (Å²) < 4.78 is 32.9. The zero-order valence-corrected chi connectivity index (χ0v) is 23.1. The van der Waals surface area contributed by atoms with Crippen molar-refractivity contribution in [1.82, 2.24) is 0 Å². The highest BCUT2D eigenvalue weighted by Crippen LogP contribution is 2.80. The van der Waals surface area contributed by atoms with Crippen LogP contribution in [0.1, 0.15) is 72.6 Å². The highest BCUT2D eigenvalue weighted by molar-refractivity contribution is 6.05. The Kier molecular flexibility index (Phi) is 5.35. The summed E-state index contributed by atoms with van der Waals surface area (Å²) in [5, 5.41) is 21.6. The molecule has 8 rings (SSSR count). The van der Waals surface area contributed by atoms with Crippen molar-refractivity contribution < 1.29 is 38.7 Å². The average Bonchev–Trinajstić information content (AvgIpc) is 2.97. The van der Waals surface area contributed by atoms with Crippen LogP contribution in [-0.4, -0.2) is 65.9 Å². The summed E-state index contributed by atoms with van der Waals surface area (Å²) in [5.41, 5.74) is -0.285. The number of unbranched alkanes of at least 4 members (excludes halogenated alkanes) is 1. The van der Waals surface area contributed by atoms with Gasteiger partial charge in [0.05, 0.1) is 24.7 Å². The number of ketones is 1. The number of ether oxygens (including phenoxy) is 5. The van der Waals surface area contributed by atoms with Gasteiger partial charge in [-0.2, -0.15) is 0 Å². The molecular formula is C30H42O8. The molecule has 3 spiro atoms. The molecule has 3 saturated carbocycles. The van der Waals surface area contributed by atoms with Crippen molar-refractivity contribution in [1.29, 1.82) is 0 Å². The van der Waals surface area contributed by atoms with Gasteiger partial charge in [-0.15, -0.1) is 0 Å². The molecule has 4 heterocycles. The second-order valence-corrected chi connectivity index (χ2v) is 13.9. The van der Waals surface area contributed by atoms with Crippen molar-refractivity contribution in [3.05, 3.63) is 23.5 Å². The highest BCUT2D eigenvalue weighted by Gasteiger charge is 2.90. The van der Waals surface area contributed by atoms with Gasteiger partial charge in [-0.25, -0.2) is 0 Å². The van der Waals surface area contributed by atoms with Crippen molar-refractivity contribution in [2.45, 2.75) is 103 Å². The van der Waals surface area contributed by atoms with E-state index in [4.69, 9.17) is 28.8 Å². The quantitative estimate of drug-likeness (QED) is 0.411. The molecule has 9 atom stereocenters. The van der Waals surface area contributed by atoms with E-state index >= 15 is 0 Å². The molecule has 38 heavy (non-hydrogen) atoms. The van der Waals surface area contributed by atoms with Gasteiger partial charge in [0.15, 0.2) is 17.9 Å². The van der Waals surface area contributed by atoms with E-state index in [9.17, 15) is 9.90 Å². The maximum atomic E-state index is 14.4. The van der Waals surface area contributed by atoms with E-state index in [2.05, 4.69) is 20.4 Å². The number of aliphatic hydroxyl groups excluding tert-OH is 2. The molecule has 0 radical (unpaired) electrons. The third-order valence-electron chi connectivity index (χ3n) is 11.1. The molecule has 0 aromatic rings. The van der Waals surface area contributed by atoms with Gasteiger partial charge >= 0.3 is 0 Å². The van der Waals surface area contributed by atoms with Crippen LogP contribution >= 0.6 is 0 Å². The number of carbonyl (C=O) groups is 1. The Bertz CT molecular complexity index is 1110. The summed E-state index contributed by atoms with van der Waals surface area (Å²) in [4.78, 5) is 14.4. The molecule has 4 bridgehead atoms. The summed E-state index contributed by atoms with van der Waals surface area (Å²) in [6.07, 6.45) is 3.60. The molecule has 6 fully saturated rings. The topological polar surface area (TPSA) is 104 Å². The number of hydrogen-bond acceptors (Lipinski definition) is 8. The van der Waals surface area contributed by atoms with Gasteiger partial charge in [0.25, 0.3) is 0 Å². The number of allylic oxidation sites excluding steroid dienone is 1. The normalized spacial score (nSPS) is 49.3. The van der Waals surface area contributed by atoms with E-state index in [0.29, 0.717) is 25.2 Å². The molecule has 0 amide bonds. The van der Waals surface area contributed by atoms with E-state index in [1.807, 2.05) is 13.8 Å². The average molecular weight is 531 g/mol. The van der Waals surface area contributed by atoms with Gasteiger partial charge in [-0.1, -0.05) is 20.4 Å². The highest BCUT2D eigenvalue weighted by atomic mass is 16.8. The smallest absolute Gasteiger partial charge is 0.213 e. The van der Waals surface area contributed by atoms with E-state index in [1.54, 1.807) is 0 Å². The van der Waals surface area contributed by atoms with Crippen LogP contribution in [0.5, 0.6) is 0 Å². The van der Waals surface area contributed by atoms with Gasteiger partial charge in [0.1, 0.15) is 17.3 Å². The third kappa shape index (κ3) is 2.80. The predicted octanol–water partition coefficient (Wildman–Crippen LogP) is 3.60. The van der Waals surface area contributed by atoms with Crippen LogP contribution in [0, 0.1) is 34.0 Å². The SMILES string of the molecule is C=C1C(=O)[C@@]23[C@@H]4OC(C)(C)OC25OC[C@]2(C6=C(CC[C@@H](OCCCCO)O6)CC(C)(C)[C@H]2[C@@H]5O)[C@@H]3CC[C@@H]14. The fraction of sp³-hybridized carbons (Fsp3) is 0.833. The summed E-state index contributed by atoms with van der Waals surface area (Å²) in [6.45, 7) is 13.4. The molecule has 8 aliphatic rings. The van der Waals surface area contributed by atoms with Gasteiger partial charge in [-0.3, -0.25) is 4.79 Å². The van der Waals surface area contributed by atoms with Gasteiger partial charge in [0, 0.05) is 24.9 Å². The van der Waals surface area contributed by atoms with Crippen LogP contribution in [0.25, 0.3) is 0 Å². The van der Waals surface area contributed by atoms with Crippen molar-refractivity contribution >= 4 is 5.78 Å². The number of Topliss-reactive ketones (excluding diaryl/α,β-unsaturated/α-hetero) is 1. The second kappa shape index (κ2) is 7.92. The minimum absolute atomic E-state index is 0.0692. The number of carbonyl (C=O) groups excluding carboxylic acids is 1. The first-order valence-electron chi connectivity index (χ1n) is 14.5. The van der Waals surface area contributed by atoms with Crippen LogP contribution in [0.4, 0.5) is 0 Å². The molecule has 8 nitrogen and oxygen atoms in total. The summed E-state index contributed by atoms with van der Waals surface area (Å²) in [6, 6.07) is 0. The lowest BCUT2D eigenvalue weighted by Crippen LogP contribution is -2.87. The Morgan fingerprint density at radius 3 is 2.68 bits per heavy atom.